The third-order valence-electron chi connectivity index (χ3n) is 3.64. The minimum Gasteiger partial charge on any atom is -0.497 e. The molecule has 2 atom stereocenters. The molecular weight excluding hydrogens is 226 g/mol. The van der Waals surface area contributed by atoms with E-state index in [0.29, 0.717) is 6.04 Å². The lowest BCUT2D eigenvalue weighted by Crippen LogP contribution is -2.41. The van der Waals surface area contributed by atoms with E-state index in [9.17, 15) is 5.11 Å². The molecule has 1 aromatic carbocycles. The Kier molecular flexibility index (Phi) is 4.48. The van der Waals surface area contributed by atoms with Crippen molar-refractivity contribution in [1.82, 2.24) is 0 Å². The zero-order valence-corrected chi connectivity index (χ0v) is 11.3. The molecule has 1 aliphatic rings. The molecule has 1 heterocycles. The van der Waals surface area contributed by atoms with Crippen LogP contribution in [-0.4, -0.2) is 30.9 Å². The topological polar surface area (TPSA) is 32.7 Å². The van der Waals surface area contributed by atoms with Crippen molar-refractivity contribution < 1.29 is 9.84 Å². The number of hydrogen-bond donors (Lipinski definition) is 1. The van der Waals surface area contributed by atoms with Crippen molar-refractivity contribution in [1.29, 1.82) is 0 Å². The van der Waals surface area contributed by atoms with Gasteiger partial charge in [-0.2, -0.15) is 0 Å². The normalized spacial score (nSPS) is 21.7. The fourth-order valence-electron chi connectivity index (χ4n) is 2.75. The Labute approximate surface area is 109 Å². The number of hydrogen-bond acceptors (Lipinski definition) is 3. The van der Waals surface area contributed by atoms with Crippen LogP contribution in [0, 0.1) is 0 Å². The van der Waals surface area contributed by atoms with Crippen molar-refractivity contribution in [2.24, 2.45) is 0 Å². The molecule has 3 heteroatoms. The Morgan fingerprint density at radius 3 is 2.67 bits per heavy atom. The number of rotatable bonds is 4. The zero-order valence-electron chi connectivity index (χ0n) is 11.3. The lowest BCUT2D eigenvalue weighted by molar-refractivity contribution is 0.167. The highest BCUT2D eigenvalue weighted by Gasteiger charge is 2.23. The van der Waals surface area contributed by atoms with Crippen LogP contribution >= 0.6 is 0 Å². The van der Waals surface area contributed by atoms with Crippen LogP contribution in [0.15, 0.2) is 24.3 Å². The number of benzene rings is 1. The summed E-state index contributed by atoms with van der Waals surface area (Å²) in [5, 5.41) is 9.60. The van der Waals surface area contributed by atoms with E-state index in [1.165, 1.54) is 24.9 Å². The standard InChI is InChI=1S/C15H23NO2/c1-12(17)11-14-5-3-4-10-16(14)13-6-8-15(18-2)9-7-13/h6-9,12,14,17H,3-5,10-11H2,1-2H3/t12-,14+/m0/s1. The van der Waals surface area contributed by atoms with Crippen molar-refractivity contribution >= 4 is 5.69 Å². The van der Waals surface area contributed by atoms with E-state index < -0.39 is 0 Å². The maximum Gasteiger partial charge on any atom is 0.119 e. The number of aliphatic hydroxyl groups is 1. The zero-order chi connectivity index (χ0) is 13.0. The molecule has 0 radical (unpaired) electrons. The highest BCUT2D eigenvalue weighted by molar-refractivity contribution is 5.50. The summed E-state index contributed by atoms with van der Waals surface area (Å²) in [6, 6.07) is 8.69. The largest absolute Gasteiger partial charge is 0.497 e. The molecule has 0 spiro atoms. The van der Waals surface area contributed by atoms with Crippen molar-refractivity contribution in [3.63, 3.8) is 0 Å². The maximum absolute atomic E-state index is 9.60. The van der Waals surface area contributed by atoms with E-state index >= 15 is 0 Å². The monoisotopic (exact) mass is 249 g/mol. The van der Waals surface area contributed by atoms with Crippen LogP contribution in [0.25, 0.3) is 0 Å². The van der Waals surface area contributed by atoms with E-state index in [2.05, 4.69) is 17.0 Å². The SMILES string of the molecule is COc1ccc(N2CCCC[C@@H]2C[C@H](C)O)cc1. The molecule has 100 valence electrons. The third-order valence-corrected chi connectivity index (χ3v) is 3.64. The molecule has 0 bridgehead atoms. The van der Waals surface area contributed by atoms with E-state index in [-0.39, 0.29) is 6.10 Å². The van der Waals surface area contributed by atoms with Gasteiger partial charge < -0.3 is 14.7 Å². The molecule has 1 aliphatic heterocycles. The predicted molar refractivity (Wildman–Crippen MR) is 74.3 cm³/mol. The first-order valence-corrected chi connectivity index (χ1v) is 6.79. The smallest absolute Gasteiger partial charge is 0.119 e. The summed E-state index contributed by atoms with van der Waals surface area (Å²) in [6.07, 6.45) is 4.31. The van der Waals surface area contributed by atoms with Gasteiger partial charge in [0.2, 0.25) is 0 Å². The summed E-state index contributed by atoms with van der Waals surface area (Å²) in [6.45, 7) is 2.96. The molecule has 0 aliphatic carbocycles. The minimum atomic E-state index is -0.228. The molecule has 0 unspecified atom stereocenters. The summed E-state index contributed by atoms with van der Waals surface area (Å²) in [5.74, 6) is 0.892. The number of anilines is 1. The number of nitrogens with zero attached hydrogens (tertiary/aromatic N) is 1. The Bertz CT molecular complexity index is 361. The van der Waals surface area contributed by atoms with Crippen LogP contribution in [0.4, 0.5) is 5.69 Å². The number of ether oxygens (including phenoxy) is 1. The lowest BCUT2D eigenvalue weighted by Gasteiger charge is -2.38. The summed E-state index contributed by atoms with van der Waals surface area (Å²) < 4.78 is 5.19. The molecule has 0 aromatic heterocycles. The third kappa shape index (κ3) is 3.16. The Hall–Kier alpha value is -1.22. The fourth-order valence-corrected chi connectivity index (χ4v) is 2.75. The maximum atomic E-state index is 9.60. The first kappa shape index (κ1) is 13.2. The van der Waals surface area contributed by atoms with Crippen molar-refractivity contribution in [2.75, 3.05) is 18.6 Å². The quantitative estimate of drug-likeness (QED) is 0.890. The highest BCUT2D eigenvalue weighted by Crippen LogP contribution is 2.28. The van der Waals surface area contributed by atoms with Crippen LogP contribution in [0.5, 0.6) is 5.75 Å². The molecule has 0 saturated carbocycles. The van der Waals surface area contributed by atoms with Gasteiger partial charge in [0.25, 0.3) is 0 Å². The Morgan fingerprint density at radius 2 is 2.06 bits per heavy atom. The Balaban J connectivity index is 2.11. The number of methoxy groups -OCH3 is 1. The van der Waals surface area contributed by atoms with E-state index in [1.807, 2.05) is 19.1 Å². The van der Waals surface area contributed by atoms with Crippen LogP contribution in [0.2, 0.25) is 0 Å². The van der Waals surface area contributed by atoms with Gasteiger partial charge in [-0.1, -0.05) is 0 Å². The van der Waals surface area contributed by atoms with Gasteiger partial charge in [0, 0.05) is 18.3 Å². The van der Waals surface area contributed by atoms with E-state index in [4.69, 9.17) is 4.74 Å². The van der Waals surface area contributed by atoms with Gasteiger partial charge in [0.15, 0.2) is 0 Å². The average molecular weight is 249 g/mol. The van der Waals surface area contributed by atoms with Gasteiger partial charge in [0.05, 0.1) is 13.2 Å². The second-order valence-corrected chi connectivity index (χ2v) is 5.13. The second kappa shape index (κ2) is 6.10. The lowest BCUT2D eigenvalue weighted by atomic mass is 9.96. The van der Waals surface area contributed by atoms with Crippen molar-refractivity contribution in [3.05, 3.63) is 24.3 Å². The summed E-state index contributed by atoms with van der Waals surface area (Å²) >= 11 is 0. The molecule has 1 aromatic rings. The first-order valence-electron chi connectivity index (χ1n) is 6.79. The van der Waals surface area contributed by atoms with Crippen LogP contribution in [-0.2, 0) is 0 Å². The summed E-state index contributed by atoms with van der Waals surface area (Å²) in [5.41, 5.74) is 1.24. The summed E-state index contributed by atoms with van der Waals surface area (Å²) in [4.78, 5) is 2.43. The number of piperidine rings is 1. The van der Waals surface area contributed by atoms with Crippen molar-refractivity contribution in [2.45, 2.75) is 44.8 Å². The molecular formula is C15H23NO2. The van der Waals surface area contributed by atoms with Gasteiger partial charge >= 0.3 is 0 Å². The van der Waals surface area contributed by atoms with Gasteiger partial charge in [0.1, 0.15) is 5.75 Å². The van der Waals surface area contributed by atoms with Crippen LogP contribution in [0.1, 0.15) is 32.6 Å². The van der Waals surface area contributed by atoms with Crippen LogP contribution in [0.3, 0.4) is 0 Å². The van der Waals surface area contributed by atoms with Gasteiger partial charge in [-0.3, -0.25) is 0 Å². The molecule has 1 N–H and O–H groups in total. The molecule has 3 nitrogen and oxygen atoms in total. The van der Waals surface area contributed by atoms with Gasteiger partial charge in [-0.15, -0.1) is 0 Å². The molecule has 0 amide bonds. The molecule has 1 saturated heterocycles. The second-order valence-electron chi connectivity index (χ2n) is 5.13. The van der Waals surface area contributed by atoms with Crippen LogP contribution < -0.4 is 9.64 Å². The first-order chi connectivity index (χ1) is 8.70. The average Bonchev–Trinajstić information content (AvgIpc) is 2.39. The molecule has 1 fully saturated rings. The van der Waals surface area contributed by atoms with Gasteiger partial charge in [-0.25, -0.2) is 0 Å². The molecule has 18 heavy (non-hydrogen) atoms. The van der Waals surface area contributed by atoms with E-state index in [1.54, 1.807) is 7.11 Å². The van der Waals surface area contributed by atoms with Gasteiger partial charge in [-0.05, 0) is 56.9 Å². The minimum absolute atomic E-state index is 0.228. The molecule has 2 rings (SSSR count). The fraction of sp³-hybridized carbons (Fsp3) is 0.600. The van der Waals surface area contributed by atoms with Crippen molar-refractivity contribution in [3.8, 4) is 5.75 Å². The Morgan fingerprint density at radius 1 is 1.33 bits per heavy atom. The highest BCUT2D eigenvalue weighted by atomic mass is 16.5. The number of aliphatic hydroxyl groups excluding tert-OH is 1. The van der Waals surface area contributed by atoms with E-state index in [0.717, 1.165) is 18.7 Å². The predicted octanol–water partition coefficient (Wildman–Crippen LogP) is 2.83. The summed E-state index contributed by atoms with van der Waals surface area (Å²) in [7, 11) is 1.69.